The molecular formula is C17H18N4O2S. The molecule has 3 rings (SSSR count). The third-order valence-electron chi connectivity index (χ3n) is 3.44. The number of urea groups is 1. The number of aryl methyl sites for hydroxylation is 1. The Morgan fingerprint density at radius 2 is 2.17 bits per heavy atom. The molecule has 24 heavy (non-hydrogen) atoms. The van der Waals surface area contributed by atoms with Crippen molar-refractivity contribution in [3.8, 4) is 0 Å². The Morgan fingerprint density at radius 3 is 2.92 bits per heavy atom. The zero-order chi connectivity index (χ0) is 16.9. The molecule has 0 aliphatic heterocycles. The van der Waals surface area contributed by atoms with Gasteiger partial charge in [-0.25, -0.2) is 4.79 Å². The predicted octanol–water partition coefficient (Wildman–Crippen LogP) is 3.69. The summed E-state index contributed by atoms with van der Waals surface area (Å²) in [5.41, 5.74) is 2.39. The third-order valence-corrected chi connectivity index (χ3v) is 4.28. The first kappa shape index (κ1) is 16.2. The molecule has 0 saturated carbocycles. The van der Waals surface area contributed by atoms with Crippen LogP contribution in [-0.2, 0) is 13.0 Å². The molecule has 2 amide bonds. The molecule has 0 saturated heterocycles. The number of nitrogens with zero attached hydrogens (tertiary/aromatic N) is 3. The molecule has 7 heteroatoms. The van der Waals surface area contributed by atoms with Crippen LogP contribution in [0.1, 0.15) is 21.9 Å². The molecule has 0 aliphatic rings. The van der Waals surface area contributed by atoms with E-state index in [2.05, 4.69) is 40.6 Å². The molecule has 6 nitrogen and oxygen atoms in total. The second-order valence-corrected chi connectivity index (χ2v) is 6.59. The monoisotopic (exact) mass is 342 g/mol. The average molecular weight is 342 g/mol. The second-order valence-electron chi connectivity index (χ2n) is 5.53. The van der Waals surface area contributed by atoms with Crippen molar-refractivity contribution in [3.63, 3.8) is 0 Å². The summed E-state index contributed by atoms with van der Waals surface area (Å²) in [5, 5.41) is 12.3. The molecule has 0 spiro atoms. The lowest BCUT2D eigenvalue weighted by Crippen LogP contribution is -2.30. The van der Waals surface area contributed by atoms with Crippen LogP contribution in [0.4, 0.5) is 9.93 Å². The van der Waals surface area contributed by atoms with Crippen molar-refractivity contribution in [1.29, 1.82) is 0 Å². The van der Waals surface area contributed by atoms with Gasteiger partial charge < -0.3 is 9.32 Å². The summed E-state index contributed by atoms with van der Waals surface area (Å²) in [7, 11) is 1.70. The number of rotatable bonds is 5. The summed E-state index contributed by atoms with van der Waals surface area (Å²) in [6.07, 6.45) is 2.29. The summed E-state index contributed by atoms with van der Waals surface area (Å²) >= 11 is 1.38. The lowest BCUT2D eigenvalue weighted by molar-refractivity contribution is 0.216. The highest BCUT2D eigenvalue weighted by Crippen LogP contribution is 2.19. The molecule has 2 aromatic heterocycles. The number of nitrogens with one attached hydrogen (secondary N) is 1. The second kappa shape index (κ2) is 7.27. The van der Waals surface area contributed by atoms with Gasteiger partial charge in [0.25, 0.3) is 0 Å². The van der Waals surface area contributed by atoms with Gasteiger partial charge in [0.15, 0.2) is 0 Å². The fraction of sp³-hybridized carbons (Fsp3) is 0.235. The number of aromatic nitrogens is 2. The van der Waals surface area contributed by atoms with Crippen LogP contribution in [0, 0.1) is 6.92 Å². The Kier molecular flexibility index (Phi) is 4.90. The fourth-order valence-corrected chi connectivity index (χ4v) is 3.03. The van der Waals surface area contributed by atoms with E-state index in [9.17, 15) is 4.79 Å². The largest absolute Gasteiger partial charge is 0.467 e. The van der Waals surface area contributed by atoms with Gasteiger partial charge in [0.1, 0.15) is 10.8 Å². The van der Waals surface area contributed by atoms with Gasteiger partial charge in [-0.15, -0.1) is 10.2 Å². The SMILES string of the molecule is Cc1cccc(Cc2nnc(NC(=O)N(C)Cc3ccco3)s2)c1. The summed E-state index contributed by atoms with van der Waals surface area (Å²) < 4.78 is 5.24. The van der Waals surface area contributed by atoms with E-state index in [1.54, 1.807) is 19.4 Å². The predicted molar refractivity (Wildman–Crippen MR) is 93.1 cm³/mol. The molecule has 124 valence electrons. The summed E-state index contributed by atoms with van der Waals surface area (Å²) in [5.74, 6) is 0.727. The Bertz CT molecular complexity index is 814. The number of hydrogen-bond donors (Lipinski definition) is 1. The highest BCUT2D eigenvalue weighted by Gasteiger charge is 2.13. The zero-order valence-electron chi connectivity index (χ0n) is 13.5. The number of furan rings is 1. The average Bonchev–Trinajstić information content (AvgIpc) is 3.19. The van der Waals surface area contributed by atoms with Gasteiger partial charge in [-0.3, -0.25) is 5.32 Å². The van der Waals surface area contributed by atoms with Gasteiger partial charge >= 0.3 is 6.03 Å². The summed E-state index contributed by atoms with van der Waals surface area (Å²) in [6.45, 7) is 2.46. The standard InChI is InChI=1S/C17H18N4O2S/c1-12-5-3-6-13(9-12)10-15-19-20-16(24-15)18-17(22)21(2)11-14-7-4-8-23-14/h3-9H,10-11H2,1-2H3,(H,18,20,22). The minimum Gasteiger partial charge on any atom is -0.467 e. The van der Waals surface area contributed by atoms with Crippen LogP contribution in [0.15, 0.2) is 47.1 Å². The normalized spacial score (nSPS) is 10.6. The van der Waals surface area contributed by atoms with Crippen molar-refractivity contribution in [1.82, 2.24) is 15.1 Å². The maximum atomic E-state index is 12.2. The first-order chi connectivity index (χ1) is 11.6. The highest BCUT2D eigenvalue weighted by atomic mass is 32.1. The Labute approximate surface area is 144 Å². The van der Waals surface area contributed by atoms with Gasteiger partial charge in [0.2, 0.25) is 5.13 Å². The van der Waals surface area contributed by atoms with E-state index in [4.69, 9.17) is 4.42 Å². The molecule has 0 aliphatic carbocycles. The Morgan fingerprint density at radius 1 is 1.29 bits per heavy atom. The van der Waals surface area contributed by atoms with Crippen molar-refractivity contribution in [2.45, 2.75) is 19.9 Å². The number of carbonyl (C=O) groups is 1. The Hall–Kier alpha value is -2.67. The topological polar surface area (TPSA) is 71.3 Å². The molecular weight excluding hydrogens is 324 g/mol. The number of benzene rings is 1. The van der Waals surface area contributed by atoms with Crippen molar-refractivity contribution in [3.05, 3.63) is 64.6 Å². The van der Waals surface area contributed by atoms with Gasteiger partial charge in [0, 0.05) is 13.5 Å². The quantitative estimate of drug-likeness (QED) is 0.767. The maximum absolute atomic E-state index is 12.2. The number of anilines is 1. The molecule has 0 bridgehead atoms. The smallest absolute Gasteiger partial charge is 0.323 e. The zero-order valence-corrected chi connectivity index (χ0v) is 14.3. The molecule has 1 N–H and O–H groups in total. The molecule has 0 unspecified atom stereocenters. The van der Waals surface area contributed by atoms with Gasteiger partial charge in [-0.2, -0.15) is 0 Å². The maximum Gasteiger partial charge on any atom is 0.323 e. The highest BCUT2D eigenvalue weighted by molar-refractivity contribution is 7.15. The van der Waals surface area contributed by atoms with E-state index in [0.717, 1.165) is 10.8 Å². The minimum atomic E-state index is -0.246. The Balaban J connectivity index is 1.58. The third kappa shape index (κ3) is 4.20. The molecule has 2 heterocycles. The van der Waals surface area contributed by atoms with Crippen molar-refractivity contribution < 1.29 is 9.21 Å². The van der Waals surface area contributed by atoms with E-state index >= 15 is 0 Å². The van der Waals surface area contributed by atoms with E-state index in [-0.39, 0.29) is 6.03 Å². The molecule has 0 atom stereocenters. The van der Waals surface area contributed by atoms with E-state index in [0.29, 0.717) is 18.1 Å². The molecule has 1 aromatic carbocycles. The summed E-state index contributed by atoms with van der Waals surface area (Å²) in [6, 6.07) is 11.6. The number of carbonyl (C=O) groups excluding carboxylic acids is 1. The number of hydrogen-bond acceptors (Lipinski definition) is 5. The van der Waals surface area contributed by atoms with Crippen LogP contribution in [0.3, 0.4) is 0 Å². The number of amides is 2. The molecule has 0 fully saturated rings. The van der Waals surface area contributed by atoms with Crippen LogP contribution < -0.4 is 5.32 Å². The van der Waals surface area contributed by atoms with Crippen molar-refractivity contribution in [2.24, 2.45) is 0 Å². The lowest BCUT2D eigenvalue weighted by atomic mass is 10.1. The summed E-state index contributed by atoms with van der Waals surface area (Å²) in [4.78, 5) is 13.7. The van der Waals surface area contributed by atoms with Crippen LogP contribution in [0.2, 0.25) is 0 Å². The minimum absolute atomic E-state index is 0.246. The van der Waals surface area contributed by atoms with Crippen LogP contribution in [0.25, 0.3) is 0 Å². The van der Waals surface area contributed by atoms with Crippen LogP contribution in [-0.4, -0.2) is 28.2 Å². The van der Waals surface area contributed by atoms with Crippen LogP contribution >= 0.6 is 11.3 Å². The van der Waals surface area contributed by atoms with Crippen LogP contribution in [0.5, 0.6) is 0 Å². The van der Waals surface area contributed by atoms with E-state index in [1.165, 1.54) is 27.4 Å². The molecule has 0 radical (unpaired) electrons. The van der Waals surface area contributed by atoms with E-state index in [1.807, 2.05) is 12.1 Å². The molecule has 3 aromatic rings. The van der Waals surface area contributed by atoms with Gasteiger partial charge in [0.05, 0.1) is 12.8 Å². The van der Waals surface area contributed by atoms with Gasteiger partial charge in [-0.05, 0) is 24.6 Å². The fourth-order valence-electron chi connectivity index (χ4n) is 2.27. The van der Waals surface area contributed by atoms with Gasteiger partial charge in [-0.1, -0.05) is 41.2 Å². The lowest BCUT2D eigenvalue weighted by Gasteiger charge is -2.14. The first-order valence-corrected chi connectivity index (χ1v) is 8.34. The van der Waals surface area contributed by atoms with Crippen molar-refractivity contribution >= 4 is 22.5 Å². The van der Waals surface area contributed by atoms with Crippen molar-refractivity contribution in [2.75, 3.05) is 12.4 Å². The first-order valence-electron chi connectivity index (χ1n) is 7.52. The van der Waals surface area contributed by atoms with E-state index < -0.39 is 0 Å².